The van der Waals surface area contributed by atoms with E-state index < -0.39 is 0 Å². The number of aliphatic imine (C=N–C) groups is 1. The SMILES string of the molecule is CPCc1ccc[c-]c1N=Cc1cccc(C)c1O.[Ir]. The van der Waals surface area contributed by atoms with Gasteiger partial charge in [0, 0.05) is 31.9 Å². The van der Waals surface area contributed by atoms with Crippen LogP contribution < -0.4 is 0 Å². The fourth-order valence-electron chi connectivity index (χ4n) is 1.84. The number of hydrogen-bond donors (Lipinski definition) is 1. The molecular weight excluding hydrogens is 445 g/mol. The smallest absolute Gasteiger partial charge is 0.127 e. The second-order valence-electron chi connectivity index (χ2n) is 4.35. The van der Waals surface area contributed by atoms with Gasteiger partial charge in [-0.15, -0.1) is 14.1 Å². The number of benzene rings is 2. The quantitative estimate of drug-likeness (QED) is 0.415. The molecule has 20 heavy (non-hydrogen) atoms. The molecule has 1 unspecified atom stereocenters. The summed E-state index contributed by atoms with van der Waals surface area (Å²) in [7, 11) is 0.855. The first-order valence-electron chi connectivity index (χ1n) is 6.19. The number of phenolic OH excluding ortho intramolecular Hbond substituents is 1. The van der Waals surface area contributed by atoms with Gasteiger partial charge in [-0.2, -0.15) is 24.3 Å². The zero-order valence-corrected chi connectivity index (χ0v) is 14.9. The van der Waals surface area contributed by atoms with Crippen molar-refractivity contribution in [3.05, 3.63) is 59.2 Å². The third kappa shape index (κ3) is 4.24. The molecule has 0 aliphatic carbocycles. The Labute approximate surface area is 135 Å². The summed E-state index contributed by atoms with van der Waals surface area (Å²) in [6, 6.07) is 14.7. The van der Waals surface area contributed by atoms with E-state index in [9.17, 15) is 5.11 Å². The van der Waals surface area contributed by atoms with Gasteiger partial charge in [0.1, 0.15) is 5.75 Å². The molecule has 1 atom stereocenters. The summed E-state index contributed by atoms with van der Waals surface area (Å²) < 4.78 is 0. The van der Waals surface area contributed by atoms with Crippen LogP contribution in [0.2, 0.25) is 0 Å². The summed E-state index contributed by atoms with van der Waals surface area (Å²) in [6.45, 7) is 4.05. The Bertz CT molecular complexity index is 599. The maximum atomic E-state index is 9.95. The van der Waals surface area contributed by atoms with Crippen LogP contribution in [0, 0.1) is 13.0 Å². The molecule has 0 heterocycles. The molecule has 1 radical (unpaired) electrons. The van der Waals surface area contributed by atoms with Gasteiger partial charge in [0.25, 0.3) is 0 Å². The van der Waals surface area contributed by atoms with Gasteiger partial charge in [0.15, 0.2) is 0 Å². The van der Waals surface area contributed by atoms with E-state index in [1.165, 1.54) is 5.56 Å². The minimum absolute atomic E-state index is 0. The van der Waals surface area contributed by atoms with Gasteiger partial charge >= 0.3 is 0 Å². The number of aromatic hydroxyl groups is 1. The molecule has 0 amide bonds. The third-order valence-electron chi connectivity index (χ3n) is 2.89. The second kappa shape index (κ2) is 8.31. The number of nitrogens with zero attached hydrogens (tertiary/aromatic N) is 1. The van der Waals surface area contributed by atoms with Crippen molar-refractivity contribution >= 4 is 20.5 Å². The van der Waals surface area contributed by atoms with E-state index in [4.69, 9.17) is 0 Å². The summed E-state index contributed by atoms with van der Waals surface area (Å²) in [5.74, 6) is 0.293. The molecule has 2 aromatic rings. The Morgan fingerprint density at radius 2 is 2.10 bits per heavy atom. The topological polar surface area (TPSA) is 32.6 Å². The van der Waals surface area contributed by atoms with Crippen LogP contribution in [-0.4, -0.2) is 18.0 Å². The number of aryl methyl sites for hydroxylation is 1. The van der Waals surface area contributed by atoms with Crippen molar-refractivity contribution in [2.45, 2.75) is 13.1 Å². The van der Waals surface area contributed by atoms with Crippen LogP contribution in [0.3, 0.4) is 0 Å². The van der Waals surface area contributed by atoms with Crippen molar-refractivity contribution in [3.63, 3.8) is 0 Å². The average Bonchev–Trinajstić information content (AvgIpc) is 2.42. The minimum atomic E-state index is 0. The molecule has 0 saturated carbocycles. The van der Waals surface area contributed by atoms with Gasteiger partial charge in [-0.25, -0.2) is 0 Å². The fourth-order valence-corrected chi connectivity index (χ4v) is 2.50. The minimum Gasteiger partial charge on any atom is -0.507 e. The molecule has 0 aromatic heterocycles. The van der Waals surface area contributed by atoms with E-state index in [-0.39, 0.29) is 20.1 Å². The fraction of sp³-hybridized carbons (Fsp3) is 0.188. The molecule has 0 saturated heterocycles. The molecule has 1 N–H and O–H groups in total. The summed E-state index contributed by atoms with van der Waals surface area (Å²) in [4.78, 5) is 4.46. The van der Waals surface area contributed by atoms with Gasteiger partial charge in [0.05, 0.1) is 0 Å². The molecule has 0 bridgehead atoms. The van der Waals surface area contributed by atoms with E-state index in [0.717, 1.165) is 31.6 Å². The van der Waals surface area contributed by atoms with Crippen LogP contribution >= 0.6 is 8.58 Å². The summed E-state index contributed by atoms with van der Waals surface area (Å²) >= 11 is 0. The Kier molecular flexibility index (Phi) is 7.09. The first-order chi connectivity index (χ1) is 9.22. The zero-order valence-electron chi connectivity index (χ0n) is 11.5. The van der Waals surface area contributed by atoms with E-state index in [1.54, 1.807) is 6.21 Å². The number of hydrogen-bond acceptors (Lipinski definition) is 2. The van der Waals surface area contributed by atoms with Crippen molar-refractivity contribution in [2.75, 3.05) is 6.66 Å². The van der Waals surface area contributed by atoms with E-state index in [2.05, 4.69) is 23.8 Å². The molecule has 0 fully saturated rings. The normalized spacial score (nSPS) is 11.1. The molecule has 2 rings (SSSR count). The van der Waals surface area contributed by atoms with Crippen LogP contribution in [-0.2, 0) is 26.3 Å². The molecule has 4 heteroatoms. The van der Waals surface area contributed by atoms with Gasteiger partial charge in [-0.3, -0.25) is 4.99 Å². The Hall–Kier alpha value is -1.01. The molecule has 0 spiro atoms. The molecule has 2 aromatic carbocycles. The Morgan fingerprint density at radius 1 is 1.30 bits per heavy atom. The standard InChI is InChI=1S/C16H17NOP.Ir/c1-12-6-5-8-13(16(12)18)10-17-15-9-4-3-7-14(15)11-19-2;/h3-8,10,18-19H,11H2,1-2H3;/q-1;. The number of phenols is 1. The monoisotopic (exact) mass is 463 g/mol. The maximum absolute atomic E-state index is 9.95. The Balaban J connectivity index is 0.00000200. The van der Waals surface area contributed by atoms with Crippen molar-refractivity contribution in [3.8, 4) is 5.75 Å². The van der Waals surface area contributed by atoms with Crippen molar-refractivity contribution in [1.29, 1.82) is 0 Å². The zero-order chi connectivity index (χ0) is 13.7. The van der Waals surface area contributed by atoms with E-state index >= 15 is 0 Å². The number of para-hydroxylation sites is 2. The maximum Gasteiger partial charge on any atom is 0.127 e. The second-order valence-corrected chi connectivity index (χ2v) is 5.41. The summed E-state index contributed by atoms with van der Waals surface area (Å²) in [6.07, 6.45) is 2.72. The molecule has 107 valence electrons. The summed E-state index contributed by atoms with van der Waals surface area (Å²) in [5, 5.41) is 9.95. The first-order valence-corrected chi connectivity index (χ1v) is 7.90. The molecule has 0 aliphatic rings. The predicted molar refractivity (Wildman–Crippen MR) is 83.3 cm³/mol. The van der Waals surface area contributed by atoms with Crippen molar-refractivity contribution in [1.82, 2.24) is 0 Å². The largest absolute Gasteiger partial charge is 0.507 e. The predicted octanol–water partition coefficient (Wildman–Crippen LogP) is 4.06. The molecule has 2 nitrogen and oxygen atoms in total. The van der Waals surface area contributed by atoms with Crippen LogP contribution in [0.4, 0.5) is 5.69 Å². The van der Waals surface area contributed by atoms with Crippen LogP contribution in [0.25, 0.3) is 0 Å². The van der Waals surface area contributed by atoms with E-state index in [0.29, 0.717) is 5.75 Å². The van der Waals surface area contributed by atoms with Gasteiger partial charge < -0.3 is 5.11 Å². The van der Waals surface area contributed by atoms with Gasteiger partial charge in [-0.1, -0.05) is 18.3 Å². The summed E-state index contributed by atoms with van der Waals surface area (Å²) in [5.41, 5.74) is 3.66. The molecular formula is C16H17IrNOP-. The molecule has 0 aliphatic heterocycles. The van der Waals surface area contributed by atoms with Crippen LogP contribution in [0.1, 0.15) is 16.7 Å². The average molecular weight is 463 g/mol. The van der Waals surface area contributed by atoms with E-state index in [1.807, 2.05) is 37.3 Å². The van der Waals surface area contributed by atoms with Gasteiger partial charge in [0.2, 0.25) is 0 Å². The Morgan fingerprint density at radius 3 is 2.85 bits per heavy atom. The van der Waals surface area contributed by atoms with Crippen molar-refractivity contribution < 1.29 is 25.2 Å². The van der Waals surface area contributed by atoms with Crippen LogP contribution in [0.15, 0.2) is 41.4 Å². The number of rotatable bonds is 4. The van der Waals surface area contributed by atoms with Gasteiger partial charge in [-0.05, 0) is 30.9 Å². The van der Waals surface area contributed by atoms with Crippen LogP contribution in [0.5, 0.6) is 5.75 Å². The van der Waals surface area contributed by atoms with Crippen molar-refractivity contribution in [2.24, 2.45) is 4.99 Å². The third-order valence-corrected chi connectivity index (χ3v) is 3.62. The first kappa shape index (κ1) is 17.0.